The van der Waals surface area contributed by atoms with Gasteiger partial charge < -0.3 is 14.8 Å². The smallest absolute Gasteiger partial charge is 0.356 e. The highest BCUT2D eigenvalue weighted by atomic mass is 79.9. The highest BCUT2D eigenvalue weighted by Crippen LogP contribution is 2.18. The first kappa shape index (κ1) is 13.0. The number of aromatic nitrogens is 2. The molecular weight excluding hydrogens is 298 g/mol. The number of carbonyl (C=O) groups is 1. The molecule has 2 aromatic rings. The molecule has 0 atom stereocenters. The van der Waals surface area contributed by atoms with Crippen molar-refractivity contribution in [2.24, 2.45) is 0 Å². The number of carboxylic acids is 1. The van der Waals surface area contributed by atoms with E-state index in [4.69, 9.17) is 5.11 Å². The summed E-state index contributed by atoms with van der Waals surface area (Å²) in [6, 6.07) is 3.59. The van der Waals surface area contributed by atoms with Crippen LogP contribution >= 0.6 is 15.9 Å². The van der Waals surface area contributed by atoms with Crippen molar-refractivity contribution in [2.75, 3.05) is 13.6 Å². The number of aromatic carboxylic acids is 1. The molecule has 2 heterocycles. The van der Waals surface area contributed by atoms with E-state index >= 15 is 0 Å². The molecule has 0 fully saturated rings. The minimum Gasteiger partial charge on any atom is -0.476 e. The minimum atomic E-state index is -0.991. The Hall–Kier alpha value is -1.40. The summed E-state index contributed by atoms with van der Waals surface area (Å²) in [4.78, 5) is 15.4. The predicted molar refractivity (Wildman–Crippen MR) is 72.1 cm³/mol. The van der Waals surface area contributed by atoms with E-state index in [1.165, 1.54) is 0 Å². The minimum absolute atomic E-state index is 0.113. The average molecular weight is 312 g/mol. The van der Waals surface area contributed by atoms with Gasteiger partial charge in [0.25, 0.3) is 0 Å². The molecule has 0 saturated heterocycles. The highest BCUT2D eigenvalue weighted by Gasteiger charge is 2.16. The van der Waals surface area contributed by atoms with E-state index in [1.807, 2.05) is 23.7 Å². The van der Waals surface area contributed by atoms with E-state index in [2.05, 4.69) is 26.2 Å². The Morgan fingerprint density at radius 2 is 2.33 bits per heavy atom. The van der Waals surface area contributed by atoms with Crippen molar-refractivity contribution in [1.29, 1.82) is 0 Å². The first-order valence-electron chi connectivity index (χ1n) is 5.68. The molecule has 5 nitrogen and oxygen atoms in total. The van der Waals surface area contributed by atoms with Gasteiger partial charge in [0.2, 0.25) is 0 Å². The van der Waals surface area contributed by atoms with E-state index in [0.717, 1.165) is 29.7 Å². The standard InChI is InChI=1S/C12H14BrN3O2/c1-14-6-2-3-10-15-11(12(17)18)9-5-4-8(13)7-16(9)10/h4-5,7,14H,2-3,6H2,1H3,(H,17,18). The zero-order valence-electron chi connectivity index (χ0n) is 9.98. The molecule has 0 aliphatic carbocycles. The van der Waals surface area contributed by atoms with Crippen molar-refractivity contribution >= 4 is 27.4 Å². The lowest BCUT2D eigenvalue weighted by atomic mass is 10.3. The quantitative estimate of drug-likeness (QED) is 0.828. The van der Waals surface area contributed by atoms with Gasteiger partial charge in [-0.3, -0.25) is 0 Å². The molecule has 0 spiro atoms. The third-order valence-corrected chi connectivity index (χ3v) is 3.17. The van der Waals surface area contributed by atoms with E-state index < -0.39 is 5.97 Å². The van der Waals surface area contributed by atoms with Gasteiger partial charge in [0.1, 0.15) is 5.82 Å². The largest absolute Gasteiger partial charge is 0.476 e. The number of pyridine rings is 1. The van der Waals surface area contributed by atoms with Crippen LogP contribution in [0.5, 0.6) is 0 Å². The van der Waals surface area contributed by atoms with Gasteiger partial charge in [0.05, 0.1) is 5.52 Å². The lowest BCUT2D eigenvalue weighted by molar-refractivity contribution is 0.0693. The maximum absolute atomic E-state index is 11.1. The predicted octanol–water partition coefficient (Wildman–Crippen LogP) is 1.95. The summed E-state index contributed by atoms with van der Waals surface area (Å²) < 4.78 is 2.74. The molecule has 0 amide bonds. The molecule has 0 aliphatic rings. The van der Waals surface area contributed by atoms with Crippen LogP contribution in [0.1, 0.15) is 22.7 Å². The van der Waals surface area contributed by atoms with E-state index in [0.29, 0.717) is 5.52 Å². The number of fused-ring (bicyclic) bond motifs is 1. The second kappa shape index (κ2) is 5.49. The summed E-state index contributed by atoms with van der Waals surface area (Å²) in [5.74, 6) is -0.214. The molecule has 2 aromatic heterocycles. The second-order valence-electron chi connectivity index (χ2n) is 3.99. The van der Waals surface area contributed by atoms with Gasteiger partial charge >= 0.3 is 5.97 Å². The Morgan fingerprint density at radius 3 is 3.00 bits per heavy atom. The van der Waals surface area contributed by atoms with Crippen LogP contribution in [0.2, 0.25) is 0 Å². The van der Waals surface area contributed by atoms with E-state index in [9.17, 15) is 4.79 Å². The summed E-state index contributed by atoms with van der Waals surface area (Å²) in [5, 5.41) is 12.2. The molecule has 0 radical (unpaired) electrons. The lowest BCUT2D eigenvalue weighted by Gasteiger charge is -2.01. The Balaban J connectivity index is 2.44. The SMILES string of the molecule is CNCCCc1nc(C(=O)O)c2ccc(Br)cn12. The van der Waals surface area contributed by atoms with Crippen LogP contribution in [-0.4, -0.2) is 34.1 Å². The van der Waals surface area contributed by atoms with Crippen LogP contribution in [0.25, 0.3) is 5.52 Å². The van der Waals surface area contributed by atoms with Gasteiger partial charge in [-0.1, -0.05) is 0 Å². The van der Waals surface area contributed by atoms with Gasteiger partial charge in [-0.15, -0.1) is 0 Å². The van der Waals surface area contributed by atoms with Crippen molar-refractivity contribution in [3.05, 3.63) is 34.3 Å². The number of hydrogen-bond donors (Lipinski definition) is 2. The number of nitrogens with one attached hydrogen (secondary N) is 1. The third kappa shape index (κ3) is 2.54. The molecular formula is C12H14BrN3O2. The second-order valence-corrected chi connectivity index (χ2v) is 4.91. The average Bonchev–Trinajstić information content (AvgIpc) is 2.68. The fourth-order valence-electron chi connectivity index (χ4n) is 1.88. The molecule has 0 aliphatic heterocycles. The Labute approximate surface area is 113 Å². The van der Waals surface area contributed by atoms with Crippen molar-refractivity contribution in [1.82, 2.24) is 14.7 Å². The third-order valence-electron chi connectivity index (χ3n) is 2.70. The van der Waals surface area contributed by atoms with Gasteiger partial charge in [0.15, 0.2) is 5.69 Å². The number of carboxylic acid groups (broad SMARTS) is 1. The Bertz CT molecular complexity index is 580. The number of hydrogen-bond acceptors (Lipinski definition) is 3. The zero-order valence-corrected chi connectivity index (χ0v) is 11.6. The van der Waals surface area contributed by atoms with E-state index in [1.54, 1.807) is 6.07 Å². The monoisotopic (exact) mass is 311 g/mol. The molecule has 2 N–H and O–H groups in total. The molecule has 96 valence electrons. The van der Waals surface area contributed by atoms with Crippen molar-refractivity contribution in [3.8, 4) is 0 Å². The number of halogens is 1. The topological polar surface area (TPSA) is 66.6 Å². The normalized spacial score (nSPS) is 11.0. The summed E-state index contributed by atoms with van der Waals surface area (Å²) in [5.41, 5.74) is 0.743. The first-order chi connectivity index (χ1) is 8.63. The lowest BCUT2D eigenvalue weighted by Crippen LogP contribution is -2.09. The van der Waals surface area contributed by atoms with Gasteiger partial charge in [-0.25, -0.2) is 9.78 Å². The molecule has 0 saturated carbocycles. The number of imidazole rings is 1. The summed E-state index contributed by atoms with van der Waals surface area (Å²) >= 11 is 3.39. The van der Waals surface area contributed by atoms with Crippen molar-refractivity contribution < 1.29 is 9.90 Å². The maximum Gasteiger partial charge on any atom is 0.356 e. The summed E-state index contributed by atoms with van der Waals surface area (Å²) in [6.45, 7) is 0.880. The summed E-state index contributed by atoms with van der Waals surface area (Å²) in [7, 11) is 1.89. The number of rotatable bonds is 5. The van der Waals surface area contributed by atoms with Gasteiger partial charge in [0, 0.05) is 17.1 Å². The van der Waals surface area contributed by atoms with Gasteiger partial charge in [-0.2, -0.15) is 0 Å². The van der Waals surface area contributed by atoms with Crippen molar-refractivity contribution in [2.45, 2.75) is 12.8 Å². The fourth-order valence-corrected chi connectivity index (χ4v) is 2.22. The Kier molecular flexibility index (Phi) is 3.98. The molecule has 18 heavy (non-hydrogen) atoms. The fraction of sp³-hybridized carbons (Fsp3) is 0.333. The first-order valence-corrected chi connectivity index (χ1v) is 6.47. The van der Waals surface area contributed by atoms with Crippen LogP contribution < -0.4 is 5.32 Å². The number of nitrogens with zero attached hydrogens (tertiary/aromatic N) is 2. The van der Waals surface area contributed by atoms with Crippen LogP contribution in [-0.2, 0) is 6.42 Å². The molecule has 0 unspecified atom stereocenters. The van der Waals surface area contributed by atoms with Crippen LogP contribution in [0, 0.1) is 0 Å². The molecule has 0 aromatic carbocycles. The number of aryl methyl sites for hydroxylation is 1. The van der Waals surface area contributed by atoms with Crippen LogP contribution in [0.15, 0.2) is 22.8 Å². The van der Waals surface area contributed by atoms with E-state index in [-0.39, 0.29) is 5.69 Å². The van der Waals surface area contributed by atoms with Crippen LogP contribution in [0.3, 0.4) is 0 Å². The molecule has 6 heteroatoms. The van der Waals surface area contributed by atoms with Crippen LogP contribution in [0.4, 0.5) is 0 Å². The maximum atomic E-state index is 11.1. The zero-order chi connectivity index (χ0) is 13.1. The molecule has 2 rings (SSSR count). The highest BCUT2D eigenvalue weighted by molar-refractivity contribution is 9.10. The molecule has 0 bridgehead atoms. The Morgan fingerprint density at radius 1 is 1.56 bits per heavy atom. The van der Waals surface area contributed by atoms with Crippen molar-refractivity contribution in [3.63, 3.8) is 0 Å². The van der Waals surface area contributed by atoms with Gasteiger partial charge in [-0.05, 0) is 48.1 Å². The summed E-state index contributed by atoms with van der Waals surface area (Å²) in [6.07, 6.45) is 3.51.